The Hall–Kier alpha value is -1.03. The van der Waals surface area contributed by atoms with Crippen molar-refractivity contribution in [3.05, 3.63) is 10.9 Å². The summed E-state index contributed by atoms with van der Waals surface area (Å²) in [6, 6.07) is 1.12. The van der Waals surface area contributed by atoms with Gasteiger partial charge < -0.3 is 15.2 Å². The van der Waals surface area contributed by atoms with Gasteiger partial charge in [-0.25, -0.2) is 14.6 Å². The second-order valence-electron chi connectivity index (χ2n) is 6.21. The summed E-state index contributed by atoms with van der Waals surface area (Å²) >= 11 is 3.44. The number of anilines is 1. The normalized spacial score (nSPS) is 12.0. The highest BCUT2D eigenvalue weighted by Crippen LogP contribution is 2.27. The van der Waals surface area contributed by atoms with Gasteiger partial charge in [0.1, 0.15) is 23.5 Å². The molecule has 0 atom stereocenters. The van der Waals surface area contributed by atoms with Gasteiger partial charge in [0, 0.05) is 21.2 Å². The summed E-state index contributed by atoms with van der Waals surface area (Å²) in [5, 5.41) is 17.2. The SMILES string of the molecule is C[Si](C)(C)CCOCn1nc(Br)c2c(NCCO)ncnc21. The van der Waals surface area contributed by atoms with E-state index in [1.54, 1.807) is 4.68 Å². The maximum Gasteiger partial charge on any atom is 0.166 e. The van der Waals surface area contributed by atoms with Gasteiger partial charge in [0.2, 0.25) is 0 Å². The highest BCUT2D eigenvalue weighted by Gasteiger charge is 2.16. The van der Waals surface area contributed by atoms with E-state index in [1.165, 1.54) is 6.33 Å². The summed E-state index contributed by atoms with van der Waals surface area (Å²) in [5.41, 5.74) is 0.704. The van der Waals surface area contributed by atoms with Crippen LogP contribution >= 0.6 is 15.9 Å². The quantitative estimate of drug-likeness (QED) is 0.533. The summed E-state index contributed by atoms with van der Waals surface area (Å²) in [7, 11) is -1.09. The molecule has 2 N–H and O–H groups in total. The van der Waals surface area contributed by atoms with Crippen LogP contribution in [0.4, 0.5) is 5.82 Å². The summed E-state index contributed by atoms with van der Waals surface area (Å²) < 4.78 is 8.11. The molecule has 0 aliphatic carbocycles. The van der Waals surface area contributed by atoms with Crippen molar-refractivity contribution in [2.24, 2.45) is 0 Å². The molecule has 0 amide bonds. The average molecular weight is 388 g/mol. The number of aromatic nitrogens is 4. The van der Waals surface area contributed by atoms with Crippen LogP contribution in [0.15, 0.2) is 10.9 Å². The summed E-state index contributed by atoms with van der Waals surface area (Å²) in [6.45, 7) is 8.53. The summed E-state index contributed by atoms with van der Waals surface area (Å²) in [6.07, 6.45) is 1.48. The van der Waals surface area contributed by atoms with Gasteiger partial charge >= 0.3 is 0 Å². The van der Waals surface area contributed by atoms with Gasteiger partial charge in [0.25, 0.3) is 0 Å². The molecular formula is C13H22BrN5O2Si. The molecule has 0 saturated heterocycles. The van der Waals surface area contributed by atoms with Crippen LogP contribution in [0.3, 0.4) is 0 Å². The van der Waals surface area contributed by atoms with E-state index in [-0.39, 0.29) is 6.61 Å². The van der Waals surface area contributed by atoms with E-state index in [1.807, 2.05) is 0 Å². The molecule has 2 aromatic rings. The Bertz CT molecular complexity index is 629. The highest BCUT2D eigenvalue weighted by molar-refractivity contribution is 9.10. The lowest BCUT2D eigenvalue weighted by molar-refractivity contribution is 0.0810. The summed E-state index contributed by atoms with van der Waals surface area (Å²) in [5.74, 6) is 0.652. The second-order valence-corrected chi connectivity index (χ2v) is 12.6. The molecule has 2 heterocycles. The topological polar surface area (TPSA) is 85.1 Å². The Labute approximate surface area is 139 Å². The Morgan fingerprint density at radius 3 is 2.82 bits per heavy atom. The molecule has 0 radical (unpaired) electrons. The fourth-order valence-corrected chi connectivity index (χ4v) is 3.21. The lowest BCUT2D eigenvalue weighted by Crippen LogP contribution is -2.22. The zero-order chi connectivity index (χ0) is 16.2. The van der Waals surface area contributed by atoms with Gasteiger partial charge in [0.15, 0.2) is 5.65 Å². The first-order chi connectivity index (χ1) is 10.4. The molecular weight excluding hydrogens is 366 g/mol. The van der Waals surface area contributed by atoms with Crippen LogP contribution in [0, 0.1) is 0 Å². The van der Waals surface area contributed by atoms with Crippen molar-refractivity contribution < 1.29 is 9.84 Å². The molecule has 2 aromatic heterocycles. The van der Waals surface area contributed by atoms with Crippen LogP contribution in [0.25, 0.3) is 11.0 Å². The van der Waals surface area contributed by atoms with Crippen molar-refractivity contribution in [3.8, 4) is 0 Å². The largest absolute Gasteiger partial charge is 0.395 e. The van der Waals surface area contributed by atoms with Crippen molar-refractivity contribution in [3.63, 3.8) is 0 Å². The maximum absolute atomic E-state index is 8.93. The molecule has 0 bridgehead atoms. The predicted molar refractivity (Wildman–Crippen MR) is 92.7 cm³/mol. The van der Waals surface area contributed by atoms with Gasteiger partial charge in [-0.05, 0) is 22.0 Å². The lowest BCUT2D eigenvalue weighted by Gasteiger charge is -2.15. The van der Waals surface area contributed by atoms with Crippen molar-refractivity contribution in [1.29, 1.82) is 0 Å². The van der Waals surface area contributed by atoms with E-state index >= 15 is 0 Å². The Kier molecular flexibility index (Phi) is 5.90. The molecule has 0 saturated carbocycles. The Morgan fingerprint density at radius 1 is 1.36 bits per heavy atom. The number of ether oxygens (including phenoxy) is 1. The third kappa shape index (κ3) is 4.48. The molecule has 122 valence electrons. The highest BCUT2D eigenvalue weighted by atomic mass is 79.9. The predicted octanol–water partition coefficient (Wildman–Crippen LogP) is 2.31. The van der Waals surface area contributed by atoms with Crippen LogP contribution in [-0.4, -0.2) is 52.7 Å². The smallest absolute Gasteiger partial charge is 0.166 e. The van der Waals surface area contributed by atoms with Crippen LogP contribution in [0.1, 0.15) is 0 Å². The van der Waals surface area contributed by atoms with Gasteiger partial charge in [-0.3, -0.25) is 0 Å². The number of nitrogens with one attached hydrogen (secondary N) is 1. The molecule has 0 aliphatic heterocycles. The molecule has 2 rings (SSSR count). The number of rotatable bonds is 8. The summed E-state index contributed by atoms with van der Waals surface area (Å²) in [4.78, 5) is 8.48. The minimum absolute atomic E-state index is 0.0387. The molecule has 0 fully saturated rings. The molecule has 7 nitrogen and oxygen atoms in total. The van der Waals surface area contributed by atoms with Gasteiger partial charge in [0.05, 0.1) is 12.0 Å². The standard InChI is InChI=1S/C13H22BrN5O2Si/c1-22(2,3)7-6-21-9-19-13-10(11(14)18-19)12(15-4-5-20)16-8-17-13/h8,20H,4-7,9H2,1-3H3,(H,15,16,17). The third-order valence-electron chi connectivity index (χ3n) is 3.10. The van der Waals surface area contributed by atoms with E-state index < -0.39 is 8.07 Å². The number of nitrogens with zero attached hydrogens (tertiary/aromatic N) is 4. The van der Waals surface area contributed by atoms with Gasteiger partial charge in [-0.15, -0.1) is 0 Å². The van der Waals surface area contributed by atoms with Gasteiger partial charge in [-0.2, -0.15) is 5.10 Å². The van der Waals surface area contributed by atoms with Crippen LogP contribution in [0.5, 0.6) is 0 Å². The minimum atomic E-state index is -1.09. The van der Waals surface area contributed by atoms with E-state index in [0.717, 1.165) is 18.0 Å². The first kappa shape index (κ1) is 17.3. The zero-order valence-corrected chi connectivity index (χ0v) is 15.7. The second kappa shape index (κ2) is 7.49. The number of aliphatic hydroxyl groups is 1. The van der Waals surface area contributed by atoms with Crippen molar-refractivity contribution in [2.45, 2.75) is 32.4 Å². The van der Waals surface area contributed by atoms with Crippen LogP contribution in [0.2, 0.25) is 25.7 Å². The maximum atomic E-state index is 8.93. The number of aliphatic hydroxyl groups excluding tert-OH is 1. The monoisotopic (exact) mass is 387 g/mol. The third-order valence-corrected chi connectivity index (χ3v) is 5.36. The van der Waals surface area contributed by atoms with Crippen LogP contribution in [-0.2, 0) is 11.5 Å². The fraction of sp³-hybridized carbons (Fsp3) is 0.615. The molecule has 0 spiro atoms. The molecule has 0 aliphatic rings. The van der Waals surface area contributed by atoms with Gasteiger partial charge in [-0.1, -0.05) is 19.6 Å². The minimum Gasteiger partial charge on any atom is -0.395 e. The fourth-order valence-electron chi connectivity index (χ4n) is 1.89. The number of hydrogen-bond donors (Lipinski definition) is 2. The number of halogens is 1. The molecule has 0 aromatic carbocycles. The van der Waals surface area contributed by atoms with E-state index in [2.05, 4.69) is 56.0 Å². The Morgan fingerprint density at radius 2 is 2.14 bits per heavy atom. The Balaban J connectivity index is 2.11. The zero-order valence-electron chi connectivity index (χ0n) is 13.1. The first-order valence-corrected chi connectivity index (χ1v) is 11.7. The average Bonchev–Trinajstić information content (AvgIpc) is 2.78. The number of fused-ring (bicyclic) bond motifs is 1. The first-order valence-electron chi connectivity index (χ1n) is 7.22. The van der Waals surface area contributed by atoms with Crippen LogP contribution < -0.4 is 5.32 Å². The molecule has 0 unspecified atom stereocenters. The van der Waals surface area contributed by atoms with Crippen molar-refractivity contribution >= 4 is 40.9 Å². The van der Waals surface area contributed by atoms with E-state index in [4.69, 9.17) is 9.84 Å². The number of hydrogen-bond acceptors (Lipinski definition) is 6. The molecule has 22 heavy (non-hydrogen) atoms. The van der Waals surface area contributed by atoms with Crippen molar-refractivity contribution in [1.82, 2.24) is 19.7 Å². The van der Waals surface area contributed by atoms with E-state index in [0.29, 0.717) is 29.3 Å². The lowest BCUT2D eigenvalue weighted by atomic mass is 10.4. The van der Waals surface area contributed by atoms with Crippen molar-refractivity contribution in [2.75, 3.05) is 25.1 Å². The van der Waals surface area contributed by atoms with E-state index in [9.17, 15) is 0 Å². The molecule has 9 heteroatoms.